The van der Waals surface area contributed by atoms with E-state index in [1.807, 2.05) is 0 Å². The Balaban J connectivity index is 1.22. The molecule has 5 aliphatic rings. The van der Waals surface area contributed by atoms with Crippen LogP contribution in [0.2, 0.25) is 0 Å². The zero-order valence-corrected chi connectivity index (χ0v) is 18.1. The summed E-state index contributed by atoms with van der Waals surface area (Å²) >= 11 is 0. The molecule has 0 aromatic heterocycles. The second-order valence-electron chi connectivity index (χ2n) is 9.61. The molecule has 1 amide bonds. The van der Waals surface area contributed by atoms with Gasteiger partial charge in [0.25, 0.3) is 0 Å². The van der Waals surface area contributed by atoms with Crippen LogP contribution in [0.15, 0.2) is 35.2 Å². The van der Waals surface area contributed by atoms with Gasteiger partial charge in [-0.25, -0.2) is 8.42 Å². The highest BCUT2D eigenvalue weighted by molar-refractivity contribution is 7.89. The normalized spacial score (nSPS) is 33.8. The molecule has 5 fully saturated rings. The zero-order chi connectivity index (χ0) is 20.8. The third-order valence-electron chi connectivity index (χ3n) is 7.34. The molecule has 1 saturated heterocycles. The summed E-state index contributed by atoms with van der Waals surface area (Å²) in [5.74, 6) is 2.34. The van der Waals surface area contributed by atoms with E-state index in [0.29, 0.717) is 26.3 Å². The summed E-state index contributed by atoms with van der Waals surface area (Å²) in [4.78, 5) is 12.9. The van der Waals surface area contributed by atoms with Crippen LogP contribution >= 0.6 is 0 Å². The second-order valence-corrected chi connectivity index (χ2v) is 11.5. The van der Waals surface area contributed by atoms with Gasteiger partial charge in [-0.3, -0.25) is 4.79 Å². The summed E-state index contributed by atoms with van der Waals surface area (Å²) in [6.07, 6.45) is 10.8. The molecule has 1 N–H and O–H groups in total. The minimum Gasteiger partial charge on any atom is -0.379 e. The lowest BCUT2D eigenvalue weighted by molar-refractivity contribution is -0.122. The van der Waals surface area contributed by atoms with Crippen molar-refractivity contribution >= 4 is 22.0 Å². The van der Waals surface area contributed by atoms with Gasteiger partial charge < -0.3 is 10.1 Å². The van der Waals surface area contributed by atoms with Crippen molar-refractivity contribution in [3.63, 3.8) is 0 Å². The maximum Gasteiger partial charge on any atom is 0.244 e. The van der Waals surface area contributed by atoms with Crippen molar-refractivity contribution in [2.24, 2.45) is 17.8 Å². The molecule has 162 valence electrons. The first-order valence-corrected chi connectivity index (χ1v) is 12.5. The van der Waals surface area contributed by atoms with Gasteiger partial charge in [-0.1, -0.05) is 12.1 Å². The van der Waals surface area contributed by atoms with E-state index in [0.717, 1.165) is 42.6 Å². The number of morpholine rings is 1. The Bertz CT molecular complexity index is 897. The van der Waals surface area contributed by atoms with Crippen LogP contribution in [0.25, 0.3) is 6.08 Å². The van der Waals surface area contributed by atoms with E-state index in [1.54, 1.807) is 36.4 Å². The average Bonchev–Trinajstić information content (AvgIpc) is 2.72. The van der Waals surface area contributed by atoms with E-state index in [2.05, 4.69) is 5.32 Å². The van der Waals surface area contributed by atoms with Gasteiger partial charge in [0.1, 0.15) is 0 Å². The molecule has 1 aliphatic heterocycles. The van der Waals surface area contributed by atoms with Crippen LogP contribution in [0.5, 0.6) is 0 Å². The van der Waals surface area contributed by atoms with E-state index in [4.69, 9.17) is 4.74 Å². The van der Waals surface area contributed by atoms with Crippen molar-refractivity contribution in [2.45, 2.75) is 49.0 Å². The number of hydrogen-bond acceptors (Lipinski definition) is 4. The van der Waals surface area contributed by atoms with E-state index in [-0.39, 0.29) is 16.3 Å². The maximum atomic E-state index is 12.7. The summed E-state index contributed by atoms with van der Waals surface area (Å²) in [5, 5.41) is 3.33. The highest BCUT2D eigenvalue weighted by Crippen LogP contribution is 2.55. The number of nitrogens with one attached hydrogen (secondary N) is 1. The molecular formula is C23H30N2O4S. The lowest BCUT2D eigenvalue weighted by Crippen LogP contribution is -2.59. The Morgan fingerprint density at radius 2 is 1.57 bits per heavy atom. The van der Waals surface area contributed by atoms with Gasteiger partial charge in [0, 0.05) is 24.7 Å². The average molecular weight is 431 g/mol. The third-order valence-corrected chi connectivity index (χ3v) is 9.25. The topological polar surface area (TPSA) is 75.7 Å². The second kappa shape index (κ2) is 7.77. The molecule has 6 rings (SSSR count). The van der Waals surface area contributed by atoms with Crippen LogP contribution < -0.4 is 5.32 Å². The fourth-order valence-corrected chi connectivity index (χ4v) is 7.83. The highest BCUT2D eigenvalue weighted by Gasteiger charge is 2.51. The molecule has 0 atom stereocenters. The molecule has 0 unspecified atom stereocenters. The van der Waals surface area contributed by atoms with E-state index >= 15 is 0 Å². The van der Waals surface area contributed by atoms with Crippen molar-refractivity contribution in [3.05, 3.63) is 35.9 Å². The molecule has 4 bridgehead atoms. The number of rotatable bonds is 5. The first-order valence-electron chi connectivity index (χ1n) is 11.1. The molecule has 30 heavy (non-hydrogen) atoms. The van der Waals surface area contributed by atoms with E-state index < -0.39 is 10.0 Å². The zero-order valence-electron chi connectivity index (χ0n) is 17.3. The standard InChI is InChI=1S/C23H30N2O4S/c26-22(24-23-14-18-11-19(15-23)13-20(12-18)16-23)6-3-17-1-4-21(5-2-17)30(27,28)25-7-9-29-10-8-25/h1-6,18-20H,7-16H2,(H,24,26)/b6-3+. The molecule has 7 heteroatoms. The number of carbonyl (C=O) groups is 1. The first kappa shape index (κ1) is 20.2. The van der Waals surface area contributed by atoms with Gasteiger partial charge in [-0.05, 0) is 80.1 Å². The molecular weight excluding hydrogens is 400 g/mol. The summed E-state index contributed by atoms with van der Waals surface area (Å²) in [6.45, 7) is 1.63. The Hall–Kier alpha value is -1.70. The molecule has 4 aliphatic carbocycles. The molecule has 6 nitrogen and oxygen atoms in total. The molecule has 0 radical (unpaired) electrons. The van der Waals surface area contributed by atoms with Crippen LogP contribution in [0.4, 0.5) is 0 Å². The minimum atomic E-state index is -3.49. The maximum absolute atomic E-state index is 12.7. The van der Waals surface area contributed by atoms with Gasteiger partial charge in [-0.15, -0.1) is 0 Å². The fraction of sp³-hybridized carbons (Fsp3) is 0.609. The SMILES string of the molecule is O=C(/C=C/c1ccc(S(=O)(=O)N2CCOCC2)cc1)NC12CC3CC(CC(C3)C1)C2. The summed E-state index contributed by atoms with van der Waals surface area (Å²) < 4.78 is 32.1. The van der Waals surface area contributed by atoms with E-state index in [1.165, 1.54) is 23.6 Å². The highest BCUT2D eigenvalue weighted by atomic mass is 32.2. The summed E-state index contributed by atoms with van der Waals surface area (Å²) in [6, 6.07) is 6.73. The molecule has 1 heterocycles. The van der Waals surface area contributed by atoms with Crippen LogP contribution in [0.3, 0.4) is 0 Å². The number of benzene rings is 1. The first-order chi connectivity index (χ1) is 14.4. The largest absolute Gasteiger partial charge is 0.379 e. The smallest absolute Gasteiger partial charge is 0.244 e. The van der Waals surface area contributed by atoms with Crippen molar-refractivity contribution in [3.8, 4) is 0 Å². The fourth-order valence-electron chi connectivity index (χ4n) is 6.43. The Labute approximate surface area is 178 Å². The number of carbonyl (C=O) groups excluding carboxylic acids is 1. The predicted octanol–water partition coefficient (Wildman–Crippen LogP) is 2.81. The van der Waals surface area contributed by atoms with Gasteiger partial charge in [-0.2, -0.15) is 4.31 Å². The van der Waals surface area contributed by atoms with Crippen molar-refractivity contribution in [1.82, 2.24) is 9.62 Å². The van der Waals surface area contributed by atoms with Crippen LogP contribution in [-0.4, -0.2) is 50.5 Å². The van der Waals surface area contributed by atoms with Crippen molar-refractivity contribution in [2.75, 3.05) is 26.3 Å². The molecule has 4 saturated carbocycles. The number of nitrogens with zero attached hydrogens (tertiary/aromatic N) is 1. The molecule has 1 aromatic rings. The number of sulfonamides is 1. The van der Waals surface area contributed by atoms with Crippen LogP contribution in [-0.2, 0) is 19.6 Å². The number of hydrogen-bond donors (Lipinski definition) is 1. The van der Waals surface area contributed by atoms with Gasteiger partial charge in [0.2, 0.25) is 15.9 Å². The monoisotopic (exact) mass is 430 g/mol. The Morgan fingerprint density at radius 3 is 2.13 bits per heavy atom. The molecule has 0 spiro atoms. The van der Waals surface area contributed by atoms with Crippen LogP contribution in [0.1, 0.15) is 44.1 Å². The minimum absolute atomic E-state index is 0.00622. The summed E-state index contributed by atoms with van der Waals surface area (Å²) in [5.41, 5.74) is 0.823. The van der Waals surface area contributed by atoms with E-state index in [9.17, 15) is 13.2 Å². The molecule has 1 aromatic carbocycles. The van der Waals surface area contributed by atoms with Crippen molar-refractivity contribution < 1.29 is 17.9 Å². The predicted molar refractivity (Wildman–Crippen MR) is 114 cm³/mol. The Morgan fingerprint density at radius 1 is 1.00 bits per heavy atom. The lowest BCUT2D eigenvalue weighted by atomic mass is 9.53. The number of ether oxygens (including phenoxy) is 1. The summed E-state index contributed by atoms with van der Waals surface area (Å²) in [7, 11) is -3.49. The Kier molecular flexibility index (Phi) is 5.24. The van der Waals surface area contributed by atoms with Gasteiger partial charge in [0.05, 0.1) is 18.1 Å². The quantitative estimate of drug-likeness (QED) is 0.729. The lowest BCUT2D eigenvalue weighted by Gasteiger charge is -2.56. The third kappa shape index (κ3) is 3.95. The number of amides is 1. The van der Waals surface area contributed by atoms with Gasteiger partial charge in [0.15, 0.2) is 0 Å². The van der Waals surface area contributed by atoms with Crippen LogP contribution in [0, 0.1) is 17.8 Å². The van der Waals surface area contributed by atoms with Crippen molar-refractivity contribution in [1.29, 1.82) is 0 Å². The van der Waals surface area contributed by atoms with Gasteiger partial charge >= 0.3 is 0 Å².